The van der Waals surface area contributed by atoms with Crippen LogP contribution in [0, 0.1) is 0 Å². The molecule has 0 aliphatic carbocycles. The summed E-state index contributed by atoms with van der Waals surface area (Å²) in [5.41, 5.74) is 0. The highest BCUT2D eigenvalue weighted by Gasteiger charge is 2.03. The Labute approximate surface area is 64.6 Å². The Bertz CT molecular complexity index is 73.7. The van der Waals surface area contributed by atoms with Crippen molar-refractivity contribution in [2.24, 2.45) is 0 Å². The molecule has 0 rings (SSSR count). The molecule has 0 aliphatic heterocycles. The van der Waals surface area contributed by atoms with Crippen LogP contribution in [0.2, 0.25) is 0 Å². The van der Waals surface area contributed by atoms with Crippen molar-refractivity contribution in [1.29, 1.82) is 0 Å². The monoisotopic (exact) mass is 144 g/mol. The molecule has 1 N–H and O–H groups in total. The van der Waals surface area contributed by atoms with Crippen molar-refractivity contribution in [2.45, 2.75) is 33.4 Å². The molecular formula is C8H20N2. The zero-order chi connectivity index (χ0) is 7.98. The molecule has 0 aromatic carbocycles. The lowest BCUT2D eigenvalue weighted by atomic mass is 10.4. The number of nitrogens with one attached hydrogen (secondary N) is 1. The summed E-state index contributed by atoms with van der Waals surface area (Å²) < 4.78 is 0. The summed E-state index contributed by atoms with van der Waals surface area (Å²) in [6, 6.07) is 0. The van der Waals surface area contributed by atoms with Crippen LogP contribution in [-0.4, -0.2) is 31.2 Å². The summed E-state index contributed by atoms with van der Waals surface area (Å²) in [7, 11) is 2.13. The molecule has 0 saturated heterocycles. The fraction of sp³-hybridized carbons (Fsp3) is 1.00. The summed E-state index contributed by atoms with van der Waals surface area (Å²) in [5.74, 6) is 0. The van der Waals surface area contributed by atoms with Gasteiger partial charge in [-0.1, -0.05) is 13.8 Å². The van der Waals surface area contributed by atoms with E-state index in [0.717, 1.165) is 13.1 Å². The van der Waals surface area contributed by atoms with Gasteiger partial charge in [0.15, 0.2) is 0 Å². The number of hydrogen-bond acceptors (Lipinski definition) is 2. The molecule has 0 aromatic heterocycles. The second kappa shape index (κ2) is 5.69. The summed E-state index contributed by atoms with van der Waals surface area (Å²) in [5, 5.41) is 3.41. The summed E-state index contributed by atoms with van der Waals surface area (Å²) in [4.78, 5) is 2.29. The molecular weight excluding hydrogens is 124 g/mol. The van der Waals surface area contributed by atoms with E-state index in [2.05, 4.69) is 38.0 Å². The maximum Gasteiger partial charge on any atom is 0.0565 e. The van der Waals surface area contributed by atoms with Gasteiger partial charge in [0.05, 0.1) is 6.17 Å². The molecule has 0 amide bonds. The van der Waals surface area contributed by atoms with Crippen LogP contribution in [0.15, 0.2) is 0 Å². The van der Waals surface area contributed by atoms with Gasteiger partial charge in [0.1, 0.15) is 0 Å². The van der Waals surface area contributed by atoms with Gasteiger partial charge in [-0.25, -0.2) is 0 Å². The Kier molecular flexibility index (Phi) is 5.64. The second-order valence-corrected chi connectivity index (χ2v) is 2.70. The van der Waals surface area contributed by atoms with Gasteiger partial charge >= 0.3 is 0 Å². The SMILES string of the molecule is CCCNC(C)N(C)CC. The van der Waals surface area contributed by atoms with Gasteiger partial charge < -0.3 is 5.32 Å². The van der Waals surface area contributed by atoms with Gasteiger partial charge in [0.2, 0.25) is 0 Å². The van der Waals surface area contributed by atoms with Crippen molar-refractivity contribution in [3.63, 3.8) is 0 Å². The van der Waals surface area contributed by atoms with Gasteiger partial charge in [-0.3, -0.25) is 4.90 Å². The third-order valence-corrected chi connectivity index (χ3v) is 1.85. The van der Waals surface area contributed by atoms with Crippen molar-refractivity contribution in [2.75, 3.05) is 20.1 Å². The Hall–Kier alpha value is -0.0800. The number of nitrogens with zero attached hydrogens (tertiary/aromatic N) is 1. The minimum Gasteiger partial charge on any atom is -0.302 e. The molecule has 0 aliphatic rings. The quantitative estimate of drug-likeness (QED) is 0.585. The Morgan fingerprint density at radius 2 is 2.00 bits per heavy atom. The van der Waals surface area contributed by atoms with Crippen LogP contribution in [0.4, 0.5) is 0 Å². The highest BCUT2D eigenvalue weighted by Crippen LogP contribution is 1.89. The summed E-state index contributed by atoms with van der Waals surface area (Å²) in [6.07, 6.45) is 1.73. The van der Waals surface area contributed by atoms with Gasteiger partial charge in [-0.05, 0) is 33.5 Å². The predicted molar refractivity (Wildman–Crippen MR) is 46.1 cm³/mol. The lowest BCUT2D eigenvalue weighted by molar-refractivity contribution is 0.231. The van der Waals surface area contributed by atoms with Crippen LogP contribution >= 0.6 is 0 Å². The Balaban J connectivity index is 3.31. The van der Waals surface area contributed by atoms with Crippen molar-refractivity contribution in [3.05, 3.63) is 0 Å². The predicted octanol–water partition coefficient (Wildman–Crippen LogP) is 1.28. The van der Waals surface area contributed by atoms with Crippen molar-refractivity contribution in [3.8, 4) is 0 Å². The first-order chi connectivity index (χ1) is 4.72. The minimum absolute atomic E-state index is 0.518. The zero-order valence-electron chi connectivity index (χ0n) is 7.65. The molecule has 0 heterocycles. The van der Waals surface area contributed by atoms with Gasteiger partial charge in [-0.2, -0.15) is 0 Å². The van der Waals surface area contributed by atoms with E-state index in [0.29, 0.717) is 6.17 Å². The Morgan fingerprint density at radius 1 is 1.40 bits per heavy atom. The first kappa shape index (κ1) is 9.92. The average Bonchev–Trinajstić information content (AvgIpc) is 1.98. The van der Waals surface area contributed by atoms with Gasteiger partial charge in [0, 0.05) is 0 Å². The molecule has 2 heteroatoms. The molecule has 0 spiro atoms. The van der Waals surface area contributed by atoms with Gasteiger partial charge in [0.25, 0.3) is 0 Å². The normalized spacial score (nSPS) is 14.1. The first-order valence-corrected chi connectivity index (χ1v) is 4.16. The summed E-state index contributed by atoms with van der Waals surface area (Å²) >= 11 is 0. The molecule has 0 bridgehead atoms. The van der Waals surface area contributed by atoms with Crippen LogP contribution in [0.3, 0.4) is 0 Å². The fourth-order valence-corrected chi connectivity index (χ4v) is 0.783. The van der Waals surface area contributed by atoms with E-state index >= 15 is 0 Å². The van der Waals surface area contributed by atoms with Crippen LogP contribution in [-0.2, 0) is 0 Å². The fourth-order valence-electron chi connectivity index (χ4n) is 0.783. The molecule has 1 atom stereocenters. The highest BCUT2D eigenvalue weighted by atomic mass is 15.2. The second-order valence-electron chi connectivity index (χ2n) is 2.70. The topological polar surface area (TPSA) is 15.3 Å². The van der Waals surface area contributed by atoms with E-state index in [1.807, 2.05) is 0 Å². The first-order valence-electron chi connectivity index (χ1n) is 4.16. The standard InChI is InChI=1S/C8H20N2/c1-5-7-9-8(3)10(4)6-2/h8-9H,5-7H2,1-4H3. The maximum atomic E-state index is 3.41. The van der Waals surface area contributed by atoms with E-state index < -0.39 is 0 Å². The van der Waals surface area contributed by atoms with Crippen molar-refractivity contribution < 1.29 is 0 Å². The smallest absolute Gasteiger partial charge is 0.0565 e. The maximum absolute atomic E-state index is 3.41. The van der Waals surface area contributed by atoms with E-state index in [1.54, 1.807) is 0 Å². The van der Waals surface area contributed by atoms with E-state index in [4.69, 9.17) is 0 Å². The molecule has 2 nitrogen and oxygen atoms in total. The molecule has 0 saturated carbocycles. The molecule has 1 unspecified atom stereocenters. The van der Waals surface area contributed by atoms with Gasteiger partial charge in [-0.15, -0.1) is 0 Å². The molecule has 62 valence electrons. The van der Waals surface area contributed by atoms with E-state index in [1.165, 1.54) is 6.42 Å². The van der Waals surface area contributed by atoms with Crippen LogP contribution < -0.4 is 5.32 Å². The third-order valence-electron chi connectivity index (χ3n) is 1.85. The Morgan fingerprint density at radius 3 is 2.40 bits per heavy atom. The molecule has 0 fully saturated rings. The zero-order valence-corrected chi connectivity index (χ0v) is 7.65. The van der Waals surface area contributed by atoms with Crippen LogP contribution in [0.25, 0.3) is 0 Å². The molecule has 0 radical (unpaired) electrons. The van der Waals surface area contributed by atoms with Crippen molar-refractivity contribution >= 4 is 0 Å². The lowest BCUT2D eigenvalue weighted by Gasteiger charge is -2.23. The lowest BCUT2D eigenvalue weighted by Crippen LogP contribution is -2.41. The average molecular weight is 144 g/mol. The number of rotatable bonds is 5. The largest absolute Gasteiger partial charge is 0.302 e. The van der Waals surface area contributed by atoms with E-state index in [-0.39, 0.29) is 0 Å². The highest BCUT2D eigenvalue weighted by molar-refractivity contribution is 4.57. The van der Waals surface area contributed by atoms with Crippen LogP contribution in [0.1, 0.15) is 27.2 Å². The summed E-state index contributed by atoms with van der Waals surface area (Å²) in [6.45, 7) is 8.78. The van der Waals surface area contributed by atoms with Crippen LogP contribution in [0.5, 0.6) is 0 Å². The molecule has 10 heavy (non-hydrogen) atoms. The van der Waals surface area contributed by atoms with Crippen molar-refractivity contribution in [1.82, 2.24) is 10.2 Å². The minimum atomic E-state index is 0.518. The number of hydrogen-bond donors (Lipinski definition) is 1. The van der Waals surface area contributed by atoms with E-state index in [9.17, 15) is 0 Å². The molecule has 0 aromatic rings. The third kappa shape index (κ3) is 3.85.